The van der Waals surface area contributed by atoms with Gasteiger partial charge in [0, 0.05) is 25.4 Å². The van der Waals surface area contributed by atoms with Crippen LogP contribution < -0.4 is 5.73 Å². The average Bonchev–Trinajstić information content (AvgIpc) is 2.42. The number of aliphatic carboxylic acids is 1. The van der Waals surface area contributed by atoms with E-state index in [1.807, 2.05) is 0 Å². The number of fused-ring (bicyclic) bond motifs is 1. The van der Waals surface area contributed by atoms with Crippen LogP contribution in [-0.2, 0) is 23.9 Å². The van der Waals surface area contributed by atoms with Gasteiger partial charge in [-0.05, 0) is 0 Å². The molecule has 0 saturated carbocycles. The number of rotatable bonds is 4. The molecule has 2 heterocycles. The van der Waals surface area contributed by atoms with Crippen LogP contribution in [0.4, 0.5) is 0 Å². The van der Waals surface area contributed by atoms with Gasteiger partial charge in [-0.25, -0.2) is 4.79 Å². The minimum absolute atomic E-state index is 0.162. The molecule has 9 heteroatoms. The summed E-state index contributed by atoms with van der Waals surface area (Å²) in [5.74, 6) is -2.10. The zero-order valence-electron chi connectivity index (χ0n) is 10.9. The van der Waals surface area contributed by atoms with Crippen LogP contribution in [0.2, 0.25) is 0 Å². The largest absolute Gasteiger partial charge is 0.477 e. The molecule has 20 heavy (non-hydrogen) atoms. The summed E-state index contributed by atoms with van der Waals surface area (Å²) in [6.07, 6.45) is 0. The molecular formula is C11H14N2O6S. The lowest BCUT2D eigenvalue weighted by atomic mass is 9.99. The van der Waals surface area contributed by atoms with E-state index in [0.717, 1.165) is 4.90 Å². The molecule has 1 amide bonds. The molecule has 2 rings (SSSR count). The zero-order chi connectivity index (χ0) is 15.1. The number of hydrogen-bond acceptors (Lipinski definition) is 7. The minimum Gasteiger partial charge on any atom is -0.477 e. The summed E-state index contributed by atoms with van der Waals surface area (Å²) in [5, 5.41) is 8.68. The molecular weight excluding hydrogens is 288 g/mol. The Morgan fingerprint density at radius 1 is 1.60 bits per heavy atom. The Kier molecular flexibility index (Phi) is 3.76. The monoisotopic (exact) mass is 302 g/mol. The number of esters is 1. The van der Waals surface area contributed by atoms with Gasteiger partial charge < -0.3 is 14.6 Å². The first-order chi connectivity index (χ1) is 9.32. The highest BCUT2D eigenvalue weighted by Gasteiger charge is 2.63. The Labute approximate surface area is 118 Å². The number of carbonyl (C=O) groups excluding carboxylic acids is 2. The van der Waals surface area contributed by atoms with Gasteiger partial charge in [-0.3, -0.25) is 20.2 Å². The summed E-state index contributed by atoms with van der Waals surface area (Å²) in [4.78, 5) is 35.3. The van der Waals surface area contributed by atoms with Crippen molar-refractivity contribution in [1.82, 2.24) is 4.90 Å². The van der Waals surface area contributed by atoms with Crippen LogP contribution in [0.5, 0.6) is 0 Å². The van der Waals surface area contributed by atoms with Crippen molar-refractivity contribution in [3.8, 4) is 0 Å². The first-order valence-electron chi connectivity index (χ1n) is 5.71. The van der Waals surface area contributed by atoms with Crippen LogP contribution in [-0.4, -0.2) is 58.4 Å². The third-order valence-corrected chi connectivity index (χ3v) is 4.53. The van der Waals surface area contributed by atoms with Crippen molar-refractivity contribution in [2.45, 2.75) is 18.0 Å². The van der Waals surface area contributed by atoms with Gasteiger partial charge in [0.1, 0.15) is 17.7 Å². The fraction of sp³-hybridized carbons (Fsp3) is 0.545. The van der Waals surface area contributed by atoms with Crippen molar-refractivity contribution in [2.75, 3.05) is 19.5 Å². The topological polar surface area (TPSA) is 119 Å². The second-order valence-electron chi connectivity index (χ2n) is 4.37. The summed E-state index contributed by atoms with van der Waals surface area (Å²) < 4.78 is 9.79. The molecule has 1 fully saturated rings. The maximum absolute atomic E-state index is 12.0. The van der Waals surface area contributed by atoms with Crippen molar-refractivity contribution >= 4 is 29.6 Å². The smallest absolute Gasteiger partial charge is 0.352 e. The van der Waals surface area contributed by atoms with E-state index < -0.39 is 28.9 Å². The van der Waals surface area contributed by atoms with Gasteiger partial charge in [0.25, 0.3) is 5.91 Å². The van der Waals surface area contributed by atoms with Crippen molar-refractivity contribution in [1.29, 1.82) is 0 Å². The van der Waals surface area contributed by atoms with Crippen LogP contribution in [0.3, 0.4) is 0 Å². The van der Waals surface area contributed by atoms with Gasteiger partial charge in [0.2, 0.25) is 5.72 Å². The molecule has 8 nitrogen and oxygen atoms in total. The van der Waals surface area contributed by atoms with Gasteiger partial charge in [0.15, 0.2) is 0 Å². The molecule has 2 atom stereocenters. The third-order valence-electron chi connectivity index (χ3n) is 3.14. The number of methoxy groups -OCH3 is 1. The summed E-state index contributed by atoms with van der Waals surface area (Å²) in [6.45, 7) is 1.06. The Hall–Kier alpha value is -1.58. The van der Waals surface area contributed by atoms with Crippen molar-refractivity contribution in [3.05, 3.63) is 11.3 Å². The van der Waals surface area contributed by atoms with E-state index in [1.54, 1.807) is 0 Å². The lowest BCUT2D eigenvalue weighted by molar-refractivity contribution is -0.183. The number of carboxylic acid groups (broad SMARTS) is 1. The molecule has 3 N–H and O–H groups in total. The first-order valence-corrected chi connectivity index (χ1v) is 6.75. The number of β-lactam (4-membered cyclic amide) rings is 1. The fourth-order valence-electron chi connectivity index (χ4n) is 2.10. The Morgan fingerprint density at radius 2 is 2.25 bits per heavy atom. The number of amides is 1. The lowest BCUT2D eigenvalue weighted by Crippen LogP contribution is -2.78. The van der Waals surface area contributed by atoms with E-state index in [1.165, 1.54) is 25.8 Å². The summed E-state index contributed by atoms with van der Waals surface area (Å²) in [7, 11) is 1.30. The van der Waals surface area contributed by atoms with Crippen molar-refractivity contribution in [3.63, 3.8) is 0 Å². The van der Waals surface area contributed by atoms with E-state index in [0.29, 0.717) is 11.3 Å². The third kappa shape index (κ3) is 2.07. The van der Waals surface area contributed by atoms with Crippen LogP contribution in [0.15, 0.2) is 11.3 Å². The number of carbonyl (C=O) groups is 3. The maximum atomic E-state index is 12.0. The second-order valence-corrected chi connectivity index (χ2v) is 5.44. The molecule has 2 aliphatic heterocycles. The van der Waals surface area contributed by atoms with Crippen LogP contribution in [0.25, 0.3) is 0 Å². The molecule has 0 aliphatic carbocycles. The standard InChI is InChI=1S/C11H14N2O6S/c1-5(14)19-3-6-4-20-10-11(12,18-2)9(17)13(10)7(6)8(15)16/h10H,3-4,12H2,1-2H3,(H,15,16)/t10?,11-/m1/s1. The molecule has 0 spiro atoms. The molecule has 110 valence electrons. The van der Waals surface area contributed by atoms with E-state index in [4.69, 9.17) is 15.2 Å². The van der Waals surface area contributed by atoms with Gasteiger partial charge in [-0.1, -0.05) is 0 Å². The summed E-state index contributed by atoms with van der Waals surface area (Å²) in [6, 6.07) is 0. The molecule has 0 aromatic carbocycles. The van der Waals surface area contributed by atoms with Crippen molar-refractivity contribution < 1.29 is 29.0 Å². The highest BCUT2D eigenvalue weighted by atomic mass is 32.2. The molecule has 1 unspecified atom stereocenters. The van der Waals surface area contributed by atoms with E-state index in [9.17, 15) is 19.5 Å². The molecule has 0 aromatic rings. The predicted octanol–water partition coefficient (Wildman–Crippen LogP) is -0.895. The normalized spacial score (nSPS) is 28.9. The molecule has 0 aromatic heterocycles. The summed E-state index contributed by atoms with van der Waals surface area (Å²) in [5.41, 5.74) is 4.47. The Morgan fingerprint density at radius 3 is 2.75 bits per heavy atom. The maximum Gasteiger partial charge on any atom is 0.352 e. The van der Waals surface area contributed by atoms with Gasteiger partial charge in [-0.2, -0.15) is 0 Å². The lowest BCUT2D eigenvalue weighted by Gasteiger charge is -2.54. The molecule has 0 radical (unpaired) electrons. The second kappa shape index (κ2) is 5.08. The SMILES string of the molecule is CO[C@]1(N)C(=O)N2C(C(=O)O)=C(COC(C)=O)CSC21. The highest BCUT2D eigenvalue weighted by Crippen LogP contribution is 2.45. The van der Waals surface area contributed by atoms with Gasteiger partial charge >= 0.3 is 11.9 Å². The van der Waals surface area contributed by atoms with E-state index >= 15 is 0 Å². The van der Waals surface area contributed by atoms with Crippen LogP contribution in [0, 0.1) is 0 Å². The number of carboxylic acids is 1. The Bertz CT molecular complexity index is 519. The van der Waals surface area contributed by atoms with Crippen molar-refractivity contribution in [2.24, 2.45) is 5.73 Å². The number of ether oxygens (including phenoxy) is 2. The van der Waals surface area contributed by atoms with Crippen LogP contribution in [0.1, 0.15) is 6.92 Å². The molecule has 0 bridgehead atoms. The number of hydrogen-bond donors (Lipinski definition) is 2. The molecule has 2 aliphatic rings. The predicted molar refractivity (Wildman–Crippen MR) is 68.3 cm³/mol. The first kappa shape index (κ1) is 14.8. The quantitative estimate of drug-likeness (QED) is 0.390. The fourth-order valence-corrected chi connectivity index (χ4v) is 3.48. The van der Waals surface area contributed by atoms with Gasteiger partial charge in [0.05, 0.1) is 0 Å². The minimum atomic E-state index is -1.50. The molecule has 1 saturated heterocycles. The zero-order valence-corrected chi connectivity index (χ0v) is 11.7. The van der Waals surface area contributed by atoms with Gasteiger partial charge in [-0.15, -0.1) is 11.8 Å². The Balaban J connectivity index is 2.31. The van der Waals surface area contributed by atoms with Crippen LogP contribution >= 0.6 is 11.8 Å². The summed E-state index contributed by atoms with van der Waals surface area (Å²) >= 11 is 1.27. The number of thioether (sulfide) groups is 1. The van der Waals surface area contributed by atoms with E-state index in [2.05, 4.69) is 0 Å². The van der Waals surface area contributed by atoms with E-state index in [-0.39, 0.29) is 12.3 Å². The number of nitrogens with zero attached hydrogens (tertiary/aromatic N) is 1. The average molecular weight is 302 g/mol. The number of nitrogens with two attached hydrogens (primary N) is 1. The highest BCUT2D eigenvalue weighted by molar-refractivity contribution is 8.00.